The Bertz CT molecular complexity index is 971. The van der Waals surface area contributed by atoms with Crippen molar-refractivity contribution in [2.45, 2.75) is 225 Å². The van der Waals surface area contributed by atoms with Crippen molar-refractivity contribution in [3.63, 3.8) is 0 Å². The highest BCUT2D eigenvalue weighted by Gasteiger charge is 2.16. The second-order valence-electron chi connectivity index (χ2n) is 15.8. The summed E-state index contributed by atoms with van der Waals surface area (Å²) in [7, 11) is 0. The van der Waals surface area contributed by atoms with E-state index < -0.39 is 30.9 Å². The molecule has 0 amide bonds. The van der Waals surface area contributed by atoms with Crippen molar-refractivity contribution in [1.82, 2.24) is 0 Å². The zero-order valence-corrected chi connectivity index (χ0v) is 35.8. The van der Waals surface area contributed by atoms with Gasteiger partial charge in [0.15, 0.2) is 6.10 Å². The average Bonchev–Trinajstić information content (AvgIpc) is 3.18. The predicted octanol–water partition coefficient (Wildman–Crippen LogP) is 12.4. The van der Waals surface area contributed by atoms with E-state index in [4.69, 9.17) is 9.47 Å². The Labute approximate surface area is 338 Å². The zero-order chi connectivity index (χ0) is 40.5. The quantitative estimate of drug-likeness (QED) is 0.0246. The van der Waals surface area contributed by atoms with Crippen LogP contribution in [0.1, 0.15) is 207 Å². The number of hydrogen-bond acceptors (Lipinski definition) is 7. The highest BCUT2D eigenvalue weighted by atomic mass is 16.6. The van der Waals surface area contributed by atoms with E-state index in [9.17, 15) is 24.9 Å². The van der Waals surface area contributed by atoms with Crippen LogP contribution in [-0.2, 0) is 19.1 Å². The van der Waals surface area contributed by atoms with E-state index in [1.165, 1.54) is 128 Å². The first-order chi connectivity index (χ1) is 26.8. The molecule has 0 fully saturated rings. The minimum absolute atomic E-state index is 0.125. The molecule has 7 nitrogen and oxygen atoms in total. The van der Waals surface area contributed by atoms with Gasteiger partial charge in [-0.25, -0.2) is 0 Å². The molecule has 0 aromatic heterocycles. The fraction of sp³-hybridized carbons (Fsp3) is 0.792. The Hall–Kier alpha value is -2.22. The second-order valence-corrected chi connectivity index (χ2v) is 15.8. The number of aliphatic hydroxyl groups excluding tert-OH is 3. The summed E-state index contributed by atoms with van der Waals surface area (Å²) in [5.74, 6) is 0.0780. The van der Waals surface area contributed by atoms with Crippen molar-refractivity contribution in [1.29, 1.82) is 0 Å². The van der Waals surface area contributed by atoms with Crippen LogP contribution in [0.5, 0.6) is 0 Å². The normalized spacial score (nSPS) is 14.4. The molecule has 1 unspecified atom stereocenters. The number of rotatable bonds is 40. The first kappa shape index (κ1) is 52.8. The molecule has 0 spiro atoms. The molecular weight excluding hydrogens is 689 g/mol. The molecular formula is C48H86O7. The monoisotopic (exact) mass is 775 g/mol. The van der Waals surface area contributed by atoms with Crippen LogP contribution in [-0.4, -0.2) is 58.8 Å². The standard InChI is InChI=1S/C48H86O7/c1-4-6-7-8-24-29-35-44(50)36-30-26-27-31-37-45(51)38-33-40-47(52)54-42-46(41-49)55-48(53)39-32-25-22-20-18-16-14-12-10-9-11-13-15-17-19-21-23-28-34-43(3)5-2/h24,26-27,29-31,36-37,43-46,49-51H,4-23,25,28,32-35,38-42H2,1-3H3/b27-26+,29-24-,36-30+,37-31-/t43?,44-,45-,46+/m1/s1. The molecule has 0 heterocycles. The van der Waals surface area contributed by atoms with Gasteiger partial charge in [0.05, 0.1) is 18.8 Å². The van der Waals surface area contributed by atoms with Crippen molar-refractivity contribution < 1.29 is 34.4 Å². The van der Waals surface area contributed by atoms with Crippen LogP contribution in [0, 0.1) is 5.92 Å². The highest BCUT2D eigenvalue weighted by Crippen LogP contribution is 2.17. The number of unbranched alkanes of at least 4 members (excludes halogenated alkanes) is 20. The van der Waals surface area contributed by atoms with Crippen molar-refractivity contribution in [3.8, 4) is 0 Å². The van der Waals surface area contributed by atoms with Gasteiger partial charge in [0.2, 0.25) is 0 Å². The predicted molar refractivity (Wildman–Crippen MR) is 231 cm³/mol. The molecule has 4 atom stereocenters. The number of carbonyl (C=O) groups is 2. The topological polar surface area (TPSA) is 113 Å². The smallest absolute Gasteiger partial charge is 0.306 e. The van der Waals surface area contributed by atoms with E-state index in [0.717, 1.165) is 31.6 Å². The van der Waals surface area contributed by atoms with Gasteiger partial charge in [-0.3, -0.25) is 9.59 Å². The van der Waals surface area contributed by atoms with Gasteiger partial charge in [0, 0.05) is 12.8 Å². The van der Waals surface area contributed by atoms with Crippen LogP contribution in [0.2, 0.25) is 0 Å². The minimum Gasteiger partial charge on any atom is -0.462 e. The SMILES string of the molecule is CCCCC/C=C\C[C@@H](O)/C=C/C=C/C=C\[C@@H](O)CCCC(=O)OC[C@H](CO)OC(=O)CCCCCCCCCCCCCCCCCCCCC(C)CC. The maximum Gasteiger partial charge on any atom is 0.306 e. The Balaban J connectivity index is 3.72. The van der Waals surface area contributed by atoms with Crippen LogP contribution in [0.3, 0.4) is 0 Å². The lowest BCUT2D eigenvalue weighted by atomic mass is 9.99. The Morgan fingerprint density at radius 3 is 1.60 bits per heavy atom. The van der Waals surface area contributed by atoms with Crippen LogP contribution >= 0.6 is 0 Å². The molecule has 320 valence electrons. The molecule has 0 radical (unpaired) electrons. The van der Waals surface area contributed by atoms with E-state index in [0.29, 0.717) is 25.7 Å². The number of aliphatic hydroxyl groups is 3. The first-order valence-corrected chi connectivity index (χ1v) is 22.8. The van der Waals surface area contributed by atoms with Crippen LogP contribution < -0.4 is 0 Å². The molecule has 0 aliphatic rings. The number of carbonyl (C=O) groups excluding carboxylic acids is 2. The number of allylic oxidation sites excluding steroid dienone is 5. The van der Waals surface area contributed by atoms with Gasteiger partial charge in [0.1, 0.15) is 6.61 Å². The fourth-order valence-electron chi connectivity index (χ4n) is 6.43. The van der Waals surface area contributed by atoms with E-state index in [1.54, 1.807) is 36.5 Å². The number of ether oxygens (including phenoxy) is 2. The summed E-state index contributed by atoms with van der Waals surface area (Å²) in [6.45, 7) is 6.28. The summed E-state index contributed by atoms with van der Waals surface area (Å²) in [4.78, 5) is 24.4. The Morgan fingerprint density at radius 2 is 1.07 bits per heavy atom. The van der Waals surface area contributed by atoms with Crippen molar-refractivity contribution in [2.24, 2.45) is 5.92 Å². The van der Waals surface area contributed by atoms with E-state index in [-0.39, 0.29) is 19.0 Å². The zero-order valence-electron chi connectivity index (χ0n) is 35.8. The molecule has 0 aromatic carbocycles. The minimum atomic E-state index is -0.863. The summed E-state index contributed by atoms with van der Waals surface area (Å²) in [6, 6.07) is 0. The molecule has 0 aromatic rings. The number of esters is 2. The third-order valence-corrected chi connectivity index (χ3v) is 10.4. The third-order valence-electron chi connectivity index (χ3n) is 10.4. The van der Waals surface area contributed by atoms with Crippen molar-refractivity contribution in [2.75, 3.05) is 13.2 Å². The Morgan fingerprint density at radius 1 is 0.564 bits per heavy atom. The highest BCUT2D eigenvalue weighted by molar-refractivity contribution is 5.70. The average molecular weight is 775 g/mol. The molecule has 3 N–H and O–H groups in total. The maximum absolute atomic E-state index is 12.2. The summed E-state index contributed by atoms with van der Waals surface area (Å²) in [5.41, 5.74) is 0. The summed E-state index contributed by atoms with van der Waals surface area (Å²) in [6.07, 6.45) is 45.2. The lowest BCUT2D eigenvalue weighted by Gasteiger charge is -2.16. The van der Waals surface area contributed by atoms with Crippen molar-refractivity contribution in [3.05, 3.63) is 48.6 Å². The van der Waals surface area contributed by atoms with E-state index >= 15 is 0 Å². The molecule has 0 aliphatic heterocycles. The molecule has 0 aliphatic carbocycles. The van der Waals surface area contributed by atoms with E-state index in [2.05, 4.69) is 26.8 Å². The molecule has 0 rings (SSSR count). The second kappa shape index (κ2) is 41.4. The van der Waals surface area contributed by atoms with Gasteiger partial charge in [-0.1, -0.05) is 204 Å². The molecule has 55 heavy (non-hydrogen) atoms. The lowest BCUT2D eigenvalue weighted by molar-refractivity contribution is -0.161. The fourth-order valence-corrected chi connectivity index (χ4v) is 6.43. The summed E-state index contributed by atoms with van der Waals surface area (Å²) >= 11 is 0. The van der Waals surface area contributed by atoms with Gasteiger partial charge < -0.3 is 24.8 Å². The van der Waals surface area contributed by atoms with Crippen LogP contribution in [0.4, 0.5) is 0 Å². The van der Waals surface area contributed by atoms with Gasteiger partial charge in [-0.15, -0.1) is 0 Å². The van der Waals surface area contributed by atoms with Gasteiger partial charge in [-0.05, 0) is 44.4 Å². The third kappa shape index (κ3) is 39.8. The van der Waals surface area contributed by atoms with E-state index in [1.807, 2.05) is 6.08 Å². The lowest BCUT2D eigenvalue weighted by Crippen LogP contribution is -2.28. The summed E-state index contributed by atoms with van der Waals surface area (Å²) < 4.78 is 10.5. The largest absolute Gasteiger partial charge is 0.462 e. The molecule has 0 bridgehead atoms. The van der Waals surface area contributed by atoms with Crippen molar-refractivity contribution >= 4 is 11.9 Å². The van der Waals surface area contributed by atoms with Gasteiger partial charge >= 0.3 is 11.9 Å². The van der Waals surface area contributed by atoms with Crippen LogP contribution in [0.25, 0.3) is 0 Å². The molecule has 0 saturated heterocycles. The van der Waals surface area contributed by atoms with Gasteiger partial charge in [-0.2, -0.15) is 0 Å². The molecule has 0 saturated carbocycles. The summed E-state index contributed by atoms with van der Waals surface area (Å²) in [5, 5.41) is 29.7. The first-order valence-electron chi connectivity index (χ1n) is 22.8. The molecule has 7 heteroatoms. The van der Waals surface area contributed by atoms with Crippen LogP contribution in [0.15, 0.2) is 48.6 Å². The number of hydrogen-bond donors (Lipinski definition) is 3. The maximum atomic E-state index is 12.2. The Kier molecular flexibility index (Phi) is 39.7. The van der Waals surface area contributed by atoms with Gasteiger partial charge in [0.25, 0.3) is 0 Å².